The SMILES string of the molecule is CCCc1cc(=O)oc2cc(Oc3nc(C4CC4)ns3)ccc12. The Balaban J connectivity index is 1.66. The van der Waals surface area contributed by atoms with E-state index in [2.05, 4.69) is 16.3 Å². The van der Waals surface area contributed by atoms with Gasteiger partial charge in [-0.15, -0.1) is 0 Å². The molecule has 6 heteroatoms. The Kier molecular flexibility index (Phi) is 3.61. The van der Waals surface area contributed by atoms with Gasteiger partial charge in [-0.3, -0.25) is 0 Å². The monoisotopic (exact) mass is 328 g/mol. The molecule has 5 nitrogen and oxygen atoms in total. The number of hydrogen-bond donors (Lipinski definition) is 0. The van der Waals surface area contributed by atoms with Crippen LogP contribution in [0, 0.1) is 0 Å². The third-order valence-electron chi connectivity index (χ3n) is 3.89. The maximum absolute atomic E-state index is 11.7. The number of hydrogen-bond acceptors (Lipinski definition) is 6. The fourth-order valence-corrected chi connectivity index (χ4v) is 3.25. The summed E-state index contributed by atoms with van der Waals surface area (Å²) in [6.07, 6.45) is 4.16. The fourth-order valence-electron chi connectivity index (χ4n) is 2.62. The molecule has 3 aromatic rings. The van der Waals surface area contributed by atoms with E-state index in [9.17, 15) is 4.79 Å². The molecule has 0 atom stereocenters. The molecule has 2 heterocycles. The molecule has 1 fully saturated rings. The Hall–Kier alpha value is -2.21. The molecule has 0 saturated heterocycles. The van der Waals surface area contributed by atoms with Gasteiger partial charge < -0.3 is 9.15 Å². The smallest absolute Gasteiger partial charge is 0.336 e. The van der Waals surface area contributed by atoms with E-state index >= 15 is 0 Å². The van der Waals surface area contributed by atoms with Gasteiger partial charge in [0, 0.05) is 35.0 Å². The third kappa shape index (κ3) is 2.99. The van der Waals surface area contributed by atoms with Crippen LogP contribution >= 0.6 is 11.5 Å². The molecule has 4 rings (SSSR count). The molecule has 0 radical (unpaired) electrons. The summed E-state index contributed by atoms with van der Waals surface area (Å²) < 4.78 is 15.4. The van der Waals surface area contributed by atoms with E-state index in [1.165, 1.54) is 11.5 Å². The second kappa shape index (κ2) is 5.77. The normalized spacial score (nSPS) is 14.3. The zero-order valence-electron chi connectivity index (χ0n) is 12.7. The van der Waals surface area contributed by atoms with E-state index in [-0.39, 0.29) is 5.63 Å². The number of aromatic nitrogens is 2. The van der Waals surface area contributed by atoms with Crippen LogP contribution in [0.25, 0.3) is 11.0 Å². The Bertz CT molecular complexity index is 912. The highest BCUT2D eigenvalue weighted by molar-refractivity contribution is 7.07. The van der Waals surface area contributed by atoms with Gasteiger partial charge in [0.25, 0.3) is 5.19 Å². The summed E-state index contributed by atoms with van der Waals surface area (Å²) in [6, 6.07) is 7.12. The highest BCUT2D eigenvalue weighted by atomic mass is 32.1. The van der Waals surface area contributed by atoms with E-state index in [0.717, 1.165) is 42.5 Å². The summed E-state index contributed by atoms with van der Waals surface area (Å²) in [7, 11) is 0. The summed E-state index contributed by atoms with van der Waals surface area (Å²) in [6.45, 7) is 2.09. The largest absolute Gasteiger partial charge is 0.430 e. The van der Waals surface area contributed by atoms with Crippen molar-refractivity contribution in [2.75, 3.05) is 0 Å². The molecule has 1 aromatic carbocycles. The topological polar surface area (TPSA) is 65.2 Å². The van der Waals surface area contributed by atoms with E-state index in [1.807, 2.05) is 12.1 Å². The summed E-state index contributed by atoms with van der Waals surface area (Å²) in [5.74, 6) is 1.99. The Morgan fingerprint density at radius 3 is 3.00 bits per heavy atom. The lowest BCUT2D eigenvalue weighted by molar-refractivity contribution is 0.475. The molecule has 0 aliphatic heterocycles. The molecule has 1 aliphatic rings. The van der Waals surface area contributed by atoms with Crippen LogP contribution in [0.2, 0.25) is 0 Å². The molecule has 0 bridgehead atoms. The van der Waals surface area contributed by atoms with Crippen molar-refractivity contribution in [3.8, 4) is 10.9 Å². The van der Waals surface area contributed by atoms with Crippen molar-refractivity contribution in [2.24, 2.45) is 0 Å². The summed E-state index contributed by atoms with van der Waals surface area (Å²) >= 11 is 1.26. The van der Waals surface area contributed by atoms with Gasteiger partial charge in [-0.1, -0.05) is 13.3 Å². The first-order valence-corrected chi connectivity index (χ1v) is 8.58. The predicted molar refractivity (Wildman–Crippen MR) is 88.4 cm³/mol. The van der Waals surface area contributed by atoms with Gasteiger partial charge in [0.05, 0.1) is 0 Å². The van der Waals surface area contributed by atoms with Crippen LogP contribution in [0.1, 0.15) is 43.5 Å². The number of aryl methyl sites for hydroxylation is 1. The van der Waals surface area contributed by atoms with Crippen LogP contribution in [-0.4, -0.2) is 9.36 Å². The maximum atomic E-state index is 11.7. The van der Waals surface area contributed by atoms with E-state index in [4.69, 9.17) is 9.15 Å². The van der Waals surface area contributed by atoms with E-state index in [1.54, 1.807) is 12.1 Å². The summed E-state index contributed by atoms with van der Waals surface area (Å²) in [5.41, 5.74) is 1.23. The van der Waals surface area contributed by atoms with Crippen LogP contribution in [-0.2, 0) is 6.42 Å². The number of benzene rings is 1. The molecule has 2 aromatic heterocycles. The first-order chi connectivity index (χ1) is 11.2. The second-order valence-electron chi connectivity index (χ2n) is 5.79. The lowest BCUT2D eigenvalue weighted by Gasteiger charge is -2.06. The fraction of sp³-hybridized carbons (Fsp3) is 0.353. The Morgan fingerprint density at radius 1 is 1.35 bits per heavy atom. The van der Waals surface area contributed by atoms with Gasteiger partial charge >= 0.3 is 5.63 Å². The molecule has 0 N–H and O–H groups in total. The van der Waals surface area contributed by atoms with Crippen molar-refractivity contribution < 1.29 is 9.15 Å². The van der Waals surface area contributed by atoms with Gasteiger partial charge in [0.2, 0.25) is 0 Å². The van der Waals surface area contributed by atoms with Crippen LogP contribution in [0.15, 0.2) is 33.5 Å². The van der Waals surface area contributed by atoms with Crippen LogP contribution < -0.4 is 10.4 Å². The number of fused-ring (bicyclic) bond motifs is 1. The highest BCUT2D eigenvalue weighted by Gasteiger charge is 2.28. The minimum atomic E-state index is -0.329. The quantitative estimate of drug-likeness (QED) is 0.655. The average molecular weight is 328 g/mol. The van der Waals surface area contributed by atoms with Crippen LogP contribution in [0.3, 0.4) is 0 Å². The average Bonchev–Trinajstić information content (AvgIpc) is 3.27. The number of nitrogens with zero attached hydrogens (tertiary/aromatic N) is 2. The maximum Gasteiger partial charge on any atom is 0.336 e. The minimum Gasteiger partial charge on any atom is -0.430 e. The molecule has 0 amide bonds. The predicted octanol–water partition coefficient (Wildman–Crippen LogP) is 4.27. The van der Waals surface area contributed by atoms with Crippen molar-refractivity contribution >= 4 is 22.5 Å². The third-order valence-corrected chi connectivity index (χ3v) is 4.50. The standard InChI is InChI=1S/C17H16N2O3S/c1-2-3-11-8-15(20)22-14-9-12(6-7-13(11)14)21-17-18-16(19-23-17)10-4-5-10/h6-10H,2-5H2,1H3. The summed E-state index contributed by atoms with van der Waals surface area (Å²) in [5, 5.41) is 1.48. The van der Waals surface area contributed by atoms with Crippen molar-refractivity contribution in [1.82, 2.24) is 9.36 Å². The van der Waals surface area contributed by atoms with Gasteiger partial charge in [-0.05, 0) is 37.0 Å². The molecule has 118 valence electrons. The van der Waals surface area contributed by atoms with Gasteiger partial charge in [0.1, 0.15) is 17.2 Å². The Labute approximate surface area is 137 Å². The zero-order valence-corrected chi connectivity index (χ0v) is 13.6. The van der Waals surface area contributed by atoms with Crippen molar-refractivity contribution in [1.29, 1.82) is 0 Å². The van der Waals surface area contributed by atoms with E-state index in [0.29, 0.717) is 22.4 Å². The second-order valence-corrected chi connectivity index (χ2v) is 6.51. The van der Waals surface area contributed by atoms with Crippen molar-refractivity contribution in [2.45, 2.75) is 38.5 Å². The Morgan fingerprint density at radius 2 is 2.22 bits per heavy atom. The summed E-state index contributed by atoms with van der Waals surface area (Å²) in [4.78, 5) is 16.1. The lowest BCUT2D eigenvalue weighted by atomic mass is 10.1. The molecule has 1 aliphatic carbocycles. The zero-order chi connectivity index (χ0) is 15.8. The molecular weight excluding hydrogens is 312 g/mol. The molecule has 1 saturated carbocycles. The first-order valence-electron chi connectivity index (χ1n) is 7.81. The highest BCUT2D eigenvalue weighted by Crippen LogP contribution is 2.40. The van der Waals surface area contributed by atoms with Crippen LogP contribution in [0.4, 0.5) is 0 Å². The lowest BCUT2D eigenvalue weighted by Crippen LogP contribution is -2.00. The van der Waals surface area contributed by atoms with Gasteiger partial charge in [-0.25, -0.2) is 4.79 Å². The number of ether oxygens (including phenoxy) is 1. The molecular formula is C17H16N2O3S. The van der Waals surface area contributed by atoms with E-state index < -0.39 is 0 Å². The molecule has 0 unspecified atom stereocenters. The first kappa shape index (κ1) is 14.4. The molecule has 0 spiro atoms. The van der Waals surface area contributed by atoms with Crippen molar-refractivity contribution in [3.05, 3.63) is 46.1 Å². The van der Waals surface area contributed by atoms with Crippen molar-refractivity contribution in [3.63, 3.8) is 0 Å². The number of rotatable bonds is 5. The minimum absolute atomic E-state index is 0.329. The molecule has 23 heavy (non-hydrogen) atoms. The van der Waals surface area contributed by atoms with Gasteiger partial charge in [-0.2, -0.15) is 9.36 Å². The van der Waals surface area contributed by atoms with Gasteiger partial charge in [0.15, 0.2) is 0 Å². The van der Waals surface area contributed by atoms with Crippen LogP contribution in [0.5, 0.6) is 10.9 Å².